The Morgan fingerprint density at radius 3 is 2.85 bits per heavy atom. The minimum absolute atomic E-state index is 0.109. The lowest BCUT2D eigenvalue weighted by Gasteiger charge is -2.21. The van der Waals surface area contributed by atoms with Gasteiger partial charge in [0.25, 0.3) is 0 Å². The van der Waals surface area contributed by atoms with E-state index in [9.17, 15) is 4.79 Å². The van der Waals surface area contributed by atoms with Crippen molar-refractivity contribution >= 4 is 18.7 Å². The number of likely N-dealkylation sites (tertiary alicyclic amines) is 2. The highest BCUT2D eigenvalue weighted by Crippen LogP contribution is 2.23. The molecule has 0 unspecified atom stereocenters. The van der Waals surface area contributed by atoms with Crippen molar-refractivity contribution in [1.29, 1.82) is 0 Å². The van der Waals surface area contributed by atoms with Gasteiger partial charge in [0, 0.05) is 18.3 Å². The lowest BCUT2D eigenvalue weighted by Crippen LogP contribution is -2.35. The zero-order valence-electron chi connectivity index (χ0n) is 11.9. The molecule has 0 spiro atoms. The van der Waals surface area contributed by atoms with E-state index < -0.39 is 0 Å². The van der Waals surface area contributed by atoms with Crippen molar-refractivity contribution in [3.63, 3.8) is 0 Å². The van der Waals surface area contributed by atoms with E-state index in [4.69, 9.17) is 4.74 Å². The maximum atomic E-state index is 12.0. The number of hydrogen-bond acceptors (Lipinski definition) is 4. The summed E-state index contributed by atoms with van der Waals surface area (Å²) in [7, 11) is 0. The van der Waals surface area contributed by atoms with Gasteiger partial charge in [-0.25, -0.2) is 4.79 Å². The number of nitrogens with zero attached hydrogens (tertiary/aromatic N) is 2. The molecular weight excluding hydrogens is 272 g/mol. The monoisotopic (exact) mass is 296 g/mol. The average molecular weight is 296 g/mol. The Labute approximate surface area is 126 Å². The van der Waals surface area contributed by atoms with Crippen LogP contribution >= 0.6 is 12.6 Å². The van der Waals surface area contributed by atoms with E-state index in [-0.39, 0.29) is 24.0 Å². The third kappa shape index (κ3) is 4.28. The predicted molar refractivity (Wildman–Crippen MR) is 84.2 cm³/mol. The number of ether oxygens (including phenoxy) is 1. The number of amides is 1. The van der Waals surface area contributed by atoms with E-state index in [1.807, 2.05) is 0 Å². The summed E-state index contributed by atoms with van der Waals surface area (Å²) in [5, 5.41) is 0.229. The maximum absolute atomic E-state index is 12.0. The summed E-state index contributed by atoms with van der Waals surface area (Å²) < 4.78 is 5.12. The fraction of sp³-hybridized carbons (Fsp3) is 0.667. The zero-order chi connectivity index (χ0) is 14.4. The smallest absolute Gasteiger partial charge is 0.410 e. The van der Waals surface area contributed by atoms with Gasteiger partial charge < -0.3 is 9.64 Å². The van der Waals surface area contributed by atoms with Crippen LogP contribution in [0.2, 0.25) is 0 Å². The second kappa shape index (κ2) is 7.74. The van der Waals surface area contributed by atoms with Gasteiger partial charge >= 0.3 is 6.09 Å². The van der Waals surface area contributed by atoms with Gasteiger partial charge in [0.1, 0.15) is 6.61 Å². The minimum Gasteiger partial charge on any atom is -0.445 e. The minimum atomic E-state index is -0.266. The number of carbonyl (C=O) groups excluding carboxylic acids is 1. The van der Waals surface area contributed by atoms with Gasteiger partial charge in [0.15, 0.2) is 0 Å². The van der Waals surface area contributed by atoms with Gasteiger partial charge in [-0.3, -0.25) is 4.90 Å². The molecule has 0 aromatic heterocycles. The van der Waals surface area contributed by atoms with Gasteiger partial charge in [0.05, 0.1) is 6.04 Å². The first kappa shape index (κ1) is 15.4. The molecule has 2 heterocycles. The Bertz CT molecular complexity index is 367. The standard InChI is InChI=1S/C15H24N2O2S/c1-2-10-19-15(18)17-12-14(20)11-13(17)6-5-9-16-7-3-4-8-16/h2,5-6,13-14,20H,1,3-4,7-12H2/t13-,14+/m1/s1. The SMILES string of the molecule is C=CCOC(=O)N1C[C@@H](S)C[C@H]1C=CCN1CCCC1. The molecular formula is C15H24N2O2S. The molecule has 2 atom stereocenters. The van der Waals surface area contributed by atoms with Crippen molar-refractivity contribution in [1.82, 2.24) is 9.80 Å². The highest BCUT2D eigenvalue weighted by molar-refractivity contribution is 7.81. The van der Waals surface area contributed by atoms with Crippen molar-refractivity contribution < 1.29 is 9.53 Å². The molecule has 1 amide bonds. The first-order valence-corrected chi connectivity index (χ1v) is 7.83. The fourth-order valence-electron chi connectivity index (χ4n) is 2.78. The van der Waals surface area contributed by atoms with Gasteiger partial charge in [-0.15, -0.1) is 0 Å². The summed E-state index contributed by atoms with van der Waals surface area (Å²) in [5.41, 5.74) is 0. The topological polar surface area (TPSA) is 32.8 Å². The summed E-state index contributed by atoms with van der Waals surface area (Å²) in [6.45, 7) is 7.82. The second-order valence-electron chi connectivity index (χ2n) is 5.41. The van der Waals surface area contributed by atoms with Crippen LogP contribution in [0, 0.1) is 0 Å². The summed E-state index contributed by atoms with van der Waals surface area (Å²) in [6, 6.07) is 0.109. The summed E-state index contributed by atoms with van der Waals surface area (Å²) in [6.07, 6.45) is 9.12. The molecule has 20 heavy (non-hydrogen) atoms. The quantitative estimate of drug-likeness (QED) is 0.624. The van der Waals surface area contributed by atoms with Gasteiger partial charge in [-0.05, 0) is 32.4 Å². The highest BCUT2D eigenvalue weighted by Gasteiger charge is 2.32. The second-order valence-corrected chi connectivity index (χ2v) is 6.14. The van der Waals surface area contributed by atoms with E-state index in [1.165, 1.54) is 25.9 Å². The van der Waals surface area contributed by atoms with Crippen LogP contribution in [0.5, 0.6) is 0 Å². The number of rotatable bonds is 5. The summed E-state index contributed by atoms with van der Waals surface area (Å²) in [4.78, 5) is 16.2. The molecule has 0 radical (unpaired) electrons. The van der Waals surface area contributed by atoms with Crippen molar-refractivity contribution in [2.45, 2.75) is 30.6 Å². The van der Waals surface area contributed by atoms with Crippen LogP contribution in [-0.2, 0) is 4.74 Å². The molecule has 0 aromatic carbocycles. The third-order valence-electron chi connectivity index (χ3n) is 3.80. The number of thiol groups is 1. The Morgan fingerprint density at radius 2 is 2.15 bits per heavy atom. The lowest BCUT2D eigenvalue weighted by atomic mass is 10.2. The Kier molecular flexibility index (Phi) is 5.98. The molecule has 4 nitrogen and oxygen atoms in total. The van der Waals surface area contributed by atoms with Crippen LogP contribution in [0.15, 0.2) is 24.8 Å². The van der Waals surface area contributed by atoms with Crippen LogP contribution in [0.3, 0.4) is 0 Å². The molecule has 2 fully saturated rings. The third-order valence-corrected chi connectivity index (χ3v) is 4.18. The van der Waals surface area contributed by atoms with E-state index >= 15 is 0 Å². The molecule has 0 saturated carbocycles. The lowest BCUT2D eigenvalue weighted by molar-refractivity contribution is 0.114. The zero-order valence-corrected chi connectivity index (χ0v) is 12.8. The Balaban J connectivity index is 1.85. The molecule has 112 valence electrons. The fourth-order valence-corrected chi connectivity index (χ4v) is 3.17. The summed E-state index contributed by atoms with van der Waals surface area (Å²) in [5.74, 6) is 0. The highest BCUT2D eigenvalue weighted by atomic mass is 32.1. The van der Waals surface area contributed by atoms with Crippen LogP contribution in [0.1, 0.15) is 19.3 Å². The Morgan fingerprint density at radius 1 is 1.40 bits per heavy atom. The van der Waals surface area contributed by atoms with Crippen LogP contribution in [-0.4, -0.2) is 60.0 Å². The molecule has 0 bridgehead atoms. The van der Waals surface area contributed by atoms with Crippen molar-refractivity contribution in [3.8, 4) is 0 Å². The van der Waals surface area contributed by atoms with Gasteiger partial charge in [0.2, 0.25) is 0 Å². The largest absolute Gasteiger partial charge is 0.445 e. The van der Waals surface area contributed by atoms with Crippen LogP contribution in [0.4, 0.5) is 4.79 Å². The van der Waals surface area contributed by atoms with Gasteiger partial charge in [-0.2, -0.15) is 12.6 Å². The van der Waals surface area contributed by atoms with E-state index in [2.05, 4.69) is 36.3 Å². The maximum Gasteiger partial charge on any atom is 0.410 e. The molecule has 0 aliphatic carbocycles. The van der Waals surface area contributed by atoms with Crippen molar-refractivity contribution in [3.05, 3.63) is 24.8 Å². The van der Waals surface area contributed by atoms with Crippen LogP contribution in [0.25, 0.3) is 0 Å². The van der Waals surface area contributed by atoms with Gasteiger partial charge in [-0.1, -0.05) is 24.8 Å². The number of hydrogen-bond donors (Lipinski definition) is 1. The molecule has 2 rings (SSSR count). The first-order chi connectivity index (χ1) is 9.70. The number of carbonyl (C=O) groups is 1. The Hall–Kier alpha value is -0.940. The van der Waals surface area contributed by atoms with Crippen molar-refractivity contribution in [2.24, 2.45) is 0 Å². The van der Waals surface area contributed by atoms with E-state index in [0.29, 0.717) is 6.54 Å². The molecule has 2 saturated heterocycles. The first-order valence-electron chi connectivity index (χ1n) is 7.32. The molecule has 0 aromatic rings. The van der Waals surface area contributed by atoms with E-state index in [1.54, 1.807) is 11.0 Å². The average Bonchev–Trinajstić information content (AvgIpc) is 3.06. The normalized spacial score (nSPS) is 27.4. The van der Waals surface area contributed by atoms with Crippen molar-refractivity contribution in [2.75, 3.05) is 32.8 Å². The molecule has 2 aliphatic heterocycles. The van der Waals surface area contributed by atoms with E-state index in [0.717, 1.165) is 13.0 Å². The van der Waals surface area contributed by atoms with Crippen LogP contribution < -0.4 is 0 Å². The summed E-state index contributed by atoms with van der Waals surface area (Å²) >= 11 is 4.49. The molecule has 0 N–H and O–H groups in total. The predicted octanol–water partition coefficient (Wildman–Crippen LogP) is 2.33. The molecule has 2 aliphatic rings. The molecule has 5 heteroatoms.